The van der Waals surface area contributed by atoms with Gasteiger partial charge in [0.15, 0.2) is 11.5 Å². The molecule has 1 amide bonds. The number of benzene rings is 1. The third-order valence-electron chi connectivity index (χ3n) is 4.60. The fraction of sp³-hybridized carbons (Fsp3) is 0.389. The smallest absolute Gasteiger partial charge is 0.249 e. The van der Waals surface area contributed by atoms with Crippen LogP contribution < -0.4 is 5.32 Å². The molecule has 2 heterocycles. The van der Waals surface area contributed by atoms with Crippen LogP contribution in [0, 0.1) is 13.8 Å². The molecular formula is C18H21N3O5S. The van der Waals surface area contributed by atoms with Gasteiger partial charge in [0.1, 0.15) is 16.6 Å². The monoisotopic (exact) mass is 391 g/mol. The highest BCUT2D eigenvalue weighted by Crippen LogP contribution is 2.30. The van der Waals surface area contributed by atoms with E-state index in [9.17, 15) is 18.0 Å². The molecule has 1 fully saturated rings. The average molecular weight is 391 g/mol. The number of hydrogen-bond acceptors (Lipinski definition) is 6. The molecule has 8 nitrogen and oxygen atoms in total. The number of aromatic nitrogens is 1. The number of rotatable bonds is 5. The predicted molar refractivity (Wildman–Crippen MR) is 98.0 cm³/mol. The van der Waals surface area contributed by atoms with Crippen LogP contribution in [0.1, 0.15) is 41.6 Å². The molecule has 9 heteroatoms. The van der Waals surface area contributed by atoms with E-state index in [1.54, 1.807) is 31.2 Å². The van der Waals surface area contributed by atoms with Gasteiger partial charge in [0, 0.05) is 17.8 Å². The fourth-order valence-corrected chi connectivity index (χ4v) is 5.22. The summed E-state index contributed by atoms with van der Waals surface area (Å²) >= 11 is 0. The van der Waals surface area contributed by atoms with Crippen molar-refractivity contribution in [2.24, 2.45) is 0 Å². The Kier molecular flexibility index (Phi) is 5.16. The maximum Gasteiger partial charge on any atom is 0.249 e. The summed E-state index contributed by atoms with van der Waals surface area (Å²) < 4.78 is 32.3. The van der Waals surface area contributed by atoms with Crippen molar-refractivity contribution in [3.63, 3.8) is 0 Å². The number of ketones is 1. The molecule has 1 aliphatic heterocycles. The van der Waals surface area contributed by atoms with Gasteiger partial charge in [-0.3, -0.25) is 9.59 Å². The lowest BCUT2D eigenvalue weighted by Gasteiger charge is -2.23. The van der Waals surface area contributed by atoms with E-state index in [4.69, 9.17) is 4.52 Å². The molecular weight excluding hydrogens is 370 g/mol. The van der Waals surface area contributed by atoms with E-state index in [0.29, 0.717) is 24.1 Å². The summed E-state index contributed by atoms with van der Waals surface area (Å²) in [6.45, 7) is 4.82. The lowest BCUT2D eigenvalue weighted by atomic mass is 10.1. The zero-order chi connectivity index (χ0) is 19.8. The standard InChI is InChI=1S/C18H21N3O5S/c1-11-17(13(3)26-20-11)27(24,25)21-10-4-5-16(21)18(23)19-15-8-6-14(7-9-15)12(2)22/h6-9,16H,4-5,10H2,1-3H3,(H,19,23). The molecule has 1 unspecified atom stereocenters. The Bertz CT molecular complexity index is 959. The Morgan fingerprint density at radius 2 is 1.89 bits per heavy atom. The largest absolute Gasteiger partial charge is 0.360 e. The molecule has 1 saturated heterocycles. The summed E-state index contributed by atoms with van der Waals surface area (Å²) in [5, 5.41) is 6.44. The van der Waals surface area contributed by atoms with Crippen LogP contribution in [0.2, 0.25) is 0 Å². The highest BCUT2D eigenvalue weighted by atomic mass is 32.2. The maximum absolute atomic E-state index is 13.0. The molecule has 27 heavy (non-hydrogen) atoms. The van der Waals surface area contributed by atoms with Gasteiger partial charge in [-0.25, -0.2) is 8.42 Å². The third kappa shape index (κ3) is 3.65. The molecule has 1 N–H and O–H groups in total. The number of carbonyl (C=O) groups is 2. The van der Waals surface area contributed by atoms with Crippen molar-refractivity contribution in [3.8, 4) is 0 Å². The molecule has 0 radical (unpaired) electrons. The summed E-state index contributed by atoms with van der Waals surface area (Å²) in [6.07, 6.45) is 1.02. The van der Waals surface area contributed by atoms with Crippen LogP contribution in [0.3, 0.4) is 0 Å². The quantitative estimate of drug-likeness (QED) is 0.783. The van der Waals surface area contributed by atoms with Crippen LogP contribution in [-0.4, -0.2) is 42.2 Å². The van der Waals surface area contributed by atoms with Crippen molar-refractivity contribution >= 4 is 27.4 Å². The second-order valence-corrected chi connectivity index (χ2v) is 8.38. The minimum absolute atomic E-state index is 0.0213. The molecule has 1 aromatic heterocycles. The second-order valence-electron chi connectivity index (χ2n) is 6.55. The number of sulfonamides is 1. The molecule has 0 saturated carbocycles. The van der Waals surface area contributed by atoms with Crippen molar-refractivity contribution in [1.29, 1.82) is 0 Å². The number of carbonyl (C=O) groups excluding carboxylic acids is 2. The number of aryl methyl sites for hydroxylation is 2. The van der Waals surface area contributed by atoms with Crippen LogP contribution in [0.25, 0.3) is 0 Å². The molecule has 144 valence electrons. The number of anilines is 1. The Labute approximate surface area is 157 Å². The summed E-state index contributed by atoms with van der Waals surface area (Å²) in [7, 11) is -3.89. The summed E-state index contributed by atoms with van der Waals surface area (Å²) in [5.74, 6) is -0.266. The number of hydrogen-bond donors (Lipinski definition) is 1. The van der Waals surface area contributed by atoms with E-state index in [1.165, 1.54) is 18.2 Å². The van der Waals surface area contributed by atoms with Crippen molar-refractivity contribution in [2.45, 2.75) is 44.6 Å². The Balaban J connectivity index is 1.81. The van der Waals surface area contributed by atoms with Crippen LogP contribution in [0.4, 0.5) is 5.69 Å². The van der Waals surface area contributed by atoms with Gasteiger partial charge in [-0.1, -0.05) is 5.16 Å². The number of amides is 1. The lowest BCUT2D eigenvalue weighted by molar-refractivity contribution is -0.119. The number of nitrogens with zero attached hydrogens (tertiary/aromatic N) is 2. The zero-order valence-corrected chi connectivity index (χ0v) is 16.2. The molecule has 3 rings (SSSR count). The van der Waals surface area contributed by atoms with E-state index in [0.717, 1.165) is 0 Å². The number of Topliss-reactive ketones (excluding diaryl/α,β-unsaturated/α-hetero) is 1. The van der Waals surface area contributed by atoms with Gasteiger partial charge in [-0.2, -0.15) is 4.31 Å². The fourth-order valence-electron chi connectivity index (χ4n) is 3.26. The Hall–Kier alpha value is -2.52. The van der Waals surface area contributed by atoms with Crippen LogP contribution >= 0.6 is 0 Å². The molecule has 1 atom stereocenters. The normalized spacial score (nSPS) is 17.8. The SMILES string of the molecule is CC(=O)c1ccc(NC(=O)C2CCCN2S(=O)(=O)c2c(C)noc2C)cc1. The minimum Gasteiger partial charge on any atom is -0.360 e. The zero-order valence-electron chi connectivity index (χ0n) is 15.4. The third-order valence-corrected chi connectivity index (χ3v) is 6.75. The second kappa shape index (κ2) is 7.24. The van der Waals surface area contributed by atoms with E-state index >= 15 is 0 Å². The van der Waals surface area contributed by atoms with Crippen molar-refractivity contribution in [1.82, 2.24) is 9.46 Å². The molecule has 1 aromatic carbocycles. The van der Waals surface area contributed by atoms with Crippen molar-refractivity contribution in [2.75, 3.05) is 11.9 Å². The van der Waals surface area contributed by atoms with E-state index in [2.05, 4.69) is 10.5 Å². The van der Waals surface area contributed by atoms with Gasteiger partial charge < -0.3 is 9.84 Å². The van der Waals surface area contributed by atoms with E-state index in [-0.39, 0.29) is 28.7 Å². The van der Waals surface area contributed by atoms with Gasteiger partial charge in [0.05, 0.1) is 0 Å². The average Bonchev–Trinajstić information content (AvgIpc) is 3.23. The molecule has 0 bridgehead atoms. The maximum atomic E-state index is 13.0. The van der Waals surface area contributed by atoms with Gasteiger partial charge in [-0.15, -0.1) is 0 Å². The predicted octanol–water partition coefficient (Wildman–Crippen LogP) is 2.29. The molecule has 1 aliphatic rings. The first kappa shape index (κ1) is 19.2. The Morgan fingerprint density at radius 1 is 1.22 bits per heavy atom. The molecule has 0 aliphatic carbocycles. The summed E-state index contributed by atoms with van der Waals surface area (Å²) in [6, 6.07) is 5.67. The first-order valence-electron chi connectivity index (χ1n) is 8.58. The van der Waals surface area contributed by atoms with Crippen LogP contribution in [0.15, 0.2) is 33.7 Å². The summed E-state index contributed by atoms with van der Waals surface area (Å²) in [4.78, 5) is 24.1. The van der Waals surface area contributed by atoms with E-state index < -0.39 is 22.0 Å². The highest BCUT2D eigenvalue weighted by Gasteiger charge is 2.41. The molecule has 2 aromatic rings. The topological polar surface area (TPSA) is 110 Å². The van der Waals surface area contributed by atoms with Gasteiger partial charge in [0.25, 0.3) is 0 Å². The van der Waals surface area contributed by atoms with Crippen molar-refractivity contribution < 1.29 is 22.5 Å². The first-order chi connectivity index (χ1) is 12.7. The first-order valence-corrected chi connectivity index (χ1v) is 10.0. The summed E-state index contributed by atoms with van der Waals surface area (Å²) in [5.41, 5.74) is 1.32. The van der Waals surface area contributed by atoms with Gasteiger partial charge >= 0.3 is 0 Å². The van der Waals surface area contributed by atoms with Crippen molar-refractivity contribution in [3.05, 3.63) is 41.3 Å². The minimum atomic E-state index is -3.89. The van der Waals surface area contributed by atoms with E-state index in [1.807, 2.05) is 0 Å². The lowest BCUT2D eigenvalue weighted by Crippen LogP contribution is -2.43. The van der Waals surface area contributed by atoms with Gasteiger partial charge in [-0.05, 0) is 57.9 Å². The van der Waals surface area contributed by atoms with Gasteiger partial charge in [0.2, 0.25) is 15.9 Å². The van der Waals surface area contributed by atoms with Crippen LogP contribution in [0.5, 0.6) is 0 Å². The molecule has 0 spiro atoms. The highest BCUT2D eigenvalue weighted by molar-refractivity contribution is 7.89. The van der Waals surface area contributed by atoms with Crippen LogP contribution in [-0.2, 0) is 14.8 Å². The number of nitrogens with one attached hydrogen (secondary N) is 1. The Morgan fingerprint density at radius 3 is 2.44 bits per heavy atom.